The number of nitrogens with one attached hydrogen (secondary N) is 1. The molecule has 0 saturated heterocycles. The van der Waals surface area contributed by atoms with Crippen LogP contribution in [0.15, 0.2) is 57.8 Å². The predicted molar refractivity (Wildman–Crippen MR) is 99.8 cm³/mol. The number of aryl methyl sites for hydroxylation is 2. The summed E-state index contributed by atoms with van der Waals surface area (Å²) in [5, 5.41) is 9.40. The molecule has 0 unspecified atom stereocenters. The smallest absolute Gasteiger partial charge is 0.266 e. The number of rotatable bonds is 2. The minimum absolute atomic E-state index is 0.126. The van der Waals surface area contributed by atoms with Crippen molar-refractivity contribution in [3.63, 3.8) is 0 Å². The highest BCUT2D eigenvalue weighted by atomic mass is 79.9. The third-order valence-corrected chi connectivity index (χ3v) is 4.45. The molecule has 0 spiro atoms. The number of hydrogen-bond donors (Lipinski definition) is 1. The van der Waals surface area contributed by atoms with Gasteiger partial charge in [0.25, 0.3) is 5.56 Å². The first-order valence-electron chi connectivity index (χ1n) is 7.50. The molecule has 1 heterocycles. The Morgan fingerprint density at radius 1 is 1.04 bits per heavy atom. The van der Waals surface area contributed by atoms with E-state index in [2.05, 4.69) is 27.0 Å². The highest BCUT2D eigenvalue weighted by Gasteiger charge is 2.13. The second-order valence-electron chi connectivity index (χ2n) is 5.74. The average Bonchev–Trinajstić information content (AvgIpc) is 2.54. The zero-order valence-electron chi connectivity index (χ0n) is 13.4. The molecule has 3 rings (SSSR count). The fraction of sp³-hybridized carbons (Fsp3) is 0.100. The van der Waals surface area contributed by atoms with Crippen molar-refractivity contribution >= 4 is 15.9 Å². The number of H-pyrrole nitrogens is 1. The van der Waals surface area contributed by atoms with E-state index >= 15 is 0 Å². The van der Waals surface area contributed by atoms with E-state index in [1.807, 2.05) is 62.4 Å². The van der Waals surface area contributed by atoms with Crippen molar-refractivity contribution in [1.29, 1.82) is 5.26 Å². The molecule has 1 aromatic heterocycles. The number of aromatic amines is 1. The Bertz CT molecular complexity index is 1030. The number of halogens is 1. The van der Waals surface area contributed by atoms with Crippen LogP contribution in [0, 0.1) is 25.2 Å². The van der Waals surface area contributed by atoms with Crippen molar-refractivity contribution in [2.45, 2.75) is 13.8 Å². The Morgan fingerprint density at radius 2 is 1.83 bits per heavy atom. The number of pyridine rings is 1. The molecule has 3 nitrogen and oxygen atoms in total. The van der Waals surface area contributed by atoms with Gasteiger partial charge in [-0.2, -0.15) is 5.26 Å². The summed E-state index contributed by atoms with van der Waals surface area (Å²) in [5.74, 6) is 0. The summed E-state index contributed by atoms with van der Waals surface area (Å²) in [7, 11) is 0. The van der Waals surface area contributed by atoms with Crippen LogP contribution < -0.4 is 5.56 Å². The molecule has 1 N–H and O–H groups in total. The Hall–Kier alpha value is -2.64. The predicted octanol–water partition coefficient (Wildman–Crippen LogP) is 4.96. The molecule has 4 heteroatoms. The summed E-state index contributed by atoms with van der Waals surface area (Å²) in [6.45, 7) is 4.04. The third kappa shape index (κ3) is 3.04. The van der Waals surface area contributed by atoms with E-state index in [1.54, 1.807) is 0 Å². The number of hydrogen-bond acceptors (Lipinski definition) is 2. The van der Waals surface area contributed by atoms with Crippen LogP contribution in [0.1, 0.15) is 16.7 Å². The van der Waals surface area contributed by atoms with Crippen LogP contribution in [0.2, 0.25) is 0 Å². The topological polar surface area (TPSA) is 56.6 Å². The van der Waals surface area contributed by atoms with Gasteiger partial charge < -0.3 is 4.98 Å². The van der Waals surface area contributed by atoms with E-state index in [0.29, 0.717) is 11.3 Å². The normalized spacial score (nSPS) is 10.4. The van der Waals surface area contributed by atoms with E-state index in [1.165, 1.54) is 5.56 Å². The van der Waals surface area contributed by atoms with Crippen LogP contribution >= 0.6 is 15.9 Å². The van der Waals surface area contributed by atoms with Crippen LogP contribution in [-0.2, 0) is 0 Å². The quantitative estimate of drug-likeness (QED) is 0.684. The maximum atomic E-state index is 12.4. The number of aromatic nitrogens is 1. The summed E-state index contributed by atoms with van der Waals surface area (Å²) < 4.78 is 0.900. The third-order valence-electron chi connectivity index (χ3n) is 3.95. The molecule has 0 fully saturated rings. The molecule has 0 saturated carbocycles. The SMILES string of the molecule is Cc1ccc(-c2cc(-c3cccc(Br)c3)c(C#N)c(=O)[nH]2)c(C)c1. The lowest BCUT2D eigenvalue weighted by atomic mass is 9.97. The fourth-order valence-electron chi connectivity index (χ4n) is 2.82. The van der Waals surface area contributed by atoms with Gasteiger partial charge in [-0.25, -0.2) is 0 Å². The van der Waals surface area contributed by atoms with Gasteiger partial charge in [0.05, 0.1) is 0 Å². The summed E-state index contributed by atoms with van der Waals surface area (Å²) in [6, 6.07) is 17.6. The fourth-order valence-corrected chi connectivity index (χ4v) is 3.21. The van der Waals surface area contributed by atoms with Gasteiger partial charge in [0.1, 0.15) is 11.6 Å². The molecule has 0 amide bonds. The first-order chi connectivity index (χ1) is 11.5. The van der Waals surface area contributed by atoms with E-state index in [4.69, 9.17) is 0 Å². The van der Waals surface area contributed by atoms with E-state index < -0.39 is 0 Å². The van der Waals surface area contributed by atoms with Crippen LogP contribution in [0.4, 0.5) is 0 Å². The zero-order chi connectivity index (χ0) is 17.3. The standard InChI is InChI=1S/C20H15BrN2O/c1-12-6-7-16(13(2)8-12)19-10-17(18(11-22)20(24)23-19)14-4-3-5-15(21)9-14/h3-10H,1-2H3,(H,23,24). The van der Waals surface area contributed by atoms with Gasteiger partial charge in [-0.3, -0.25) is 4.79 Å². The maximum absolute atomic E-state index is 12.4. The minimum atomic E-state index is -0.370. The molecule has 0 atom stereocenters. The van der Waals surface area contributed by atoms with Crippen LogP contribution in [0.3, 0.4) is 0 Å². The van der Waals surface area contributed by atoms with Crippen molar-refractivity contribution < 1.29 is 0 Å². The molecule has 0 aliphatic rings. The highest BCUT2D eigenvalue weighted by molar-refractivity contribution is 9.10. The van der Waals surface area contributed by atoms with Gasteiger partial charge in [0, 0.05) is 21.3 Å². The lowest BCUT2D eigenvalue weighted by Gasteiger charge is -2.11. The highest BCUT2D eigenvalue weighted by Crippen LogP contribution is 2.29. The van der Waals surface area contributed by atoms with Crippen molar-refractivity contribution in [3.8, 4) is 28.5 Å². The molecule has 2 aromatic carbocycles. The summed E-state index contributed by atoms with van der Waals surface area (Å²) in [5.41, 5.74) is 5.14. The Labute approximate surface area is 148 Å². The first-order valence-corrected chi connectivity index (χ1v) is 8.30. The summed E-state index contributed by atoms with van der Waals surface area (Å²) >= 11 is 3.44. The Kier molecular flexibility index (Phi) is 4.37. The largest absolute Gasteiger partial charge is 0.321 e. The molecule has 0 bridgehead atoms. The van der Waals surface area contributed by atoms with Gasteiger partial charge >= 0.3 is 0 Å². The van der Waals surface area contributed by atoms with E-state index in [-0.39, 0.29) is 11.1 Å². The van der Waals surface area contributed by atoms with Gasteiger partial charge in [-0.05, 0) is 43.2 Å². The van der Waals surface area contributed by atoms with Gasteiger partial charge in [-0.1, -0.05) is 51.8 Å². The number of benzene rings is 2. The molecule has 0 aliphatic carbocycles. The van der Waals surface area contributed by atoms with Crippen LogP contribution in [-0.4, -0.2) is 4.98 Å². The second kappa shape index (κ2) is 6.46. The lowest BCUT2D eigenvalue weighted by molar-refractivity contribution is 1.21. The van der Waals surface area contributed by atoms with Crippen molar-refractivity contribution in [1.82, 2.24) is 4.98 Å². The van der Waals surface area contributed by atoms with Crippen LogP contribution in [0.5, 0.6) is 0 Å². The van der Waals surface area contributed by atoms with Crippen molar-refractivity contribution in [2.24, 2.45) is 0 Å². The summed E-state index contributed by atoms with van der Waals surface area (Å²) in [4.78, 5) is 15.3. The molecule has 0 aliphatic heterocycles. The molecule has 24 heavy (non-hydrogen) atoms. The molecule has 0 radical (unpaired) electrons. The Balaban J connectivity index is 2.28. The zero-order valence-corrected chi connectivity index (χ0v) is 14.9. The molecular weight excluding hydrogens is 364 g/mol. The number of nitrogens with zero attached hydrogens (tertiary/aromatic N) is 1. The van der Waals surface area contributed by atoms with Gasteiger partial charge in [0.15, 0.2) is 0 Å². The number of nitriles is 1. The lowest BCUT2D eigenvalue weighted by Crippen LogP contribution is -2.13. The molecular formula is C20H15BrN2O. The minimum Gasteiger partial charge on any atom is -0.321 e. The molecule has 118 valence electrons. The first kappa shape index (κ1) is 16.2. The van der Waals surface area contributed by atoms with Crippen LogP contribution in [0.25, 0.3) is 22.4 Å². The monoisotopic (exact) mass is 378 g/mol. The average molecular weight is 379 g/mol. The van der Waals surface area contributed by atoms with E-state index in [9.17, 15) is 10.1 Å². The van der Waals surface area contributed by atoms with Crippen molar-refractivity contribution in [3.05, 3.63) is 80.0 Å². The van der Waals surface area contributed by atoms with Crippen molar-refractivity contribution in [2.75, 3.05) is 0 Å². The summed E-state index contributed by atoms with van der Waals surface area (Å²) in [6.07, 6.45) is 0. The van der Waals surface area contributed by atoms with E-state index in [0.717, 1.165) is 21.2 Å². The van der Waals surface area contributed by atoms with Gasteiger partial charge in [-0.15, -0.1) is 0 Å². The molecule has 3 aromatic rings. The maximum Gasteiger partial charge on any atom is 0.266 e. The van der Waals surface area contributed by atoms with Gasteiger partial charge in [0.2, 0.25) is 0 Å². The second-order valence-corrected chi connectivity index (χ2v) is 6.66. The Morgan fingerprint density at radius 3 is 2.50 bits per heavy atom.